The van der Waals surface area contributed by atoms with Crippen molar-refractivity contribution in [2.24, 2.45) is 0 Å². The smallest absolute Gasteiger partial charge is 0.258 e. The van der Waals surface area contributed by atoms with Gasteiger partial charge in [0, 0.05) is 14.9 Å². The lowest BCUT2D eigenvalue weighted by Crippen LogP contribution is -2.19. The standard InChI is InChI=1S/C16H12BrClN4O4S2/c1-10-13(18)6-7-14(15(10)22(23)24)28(25,26)16(21-9-19-8-20-21)27-12-4-2-11(17)3-5-12/h2-9,16H,1H3. The van der Waals surface area contributed by atoms with Crippen LogP contribution in [0.25, 0.3) is 0 Å². The summed E-state index contributed by atoms with van der Waals surface area (Å²) in [6.45, 7) is 1.41. The van der Waals surface area contributed by atoms with Crippen molar-refractivity contribution < 1.29 is 13.3 Å². The van der Waals surface area contributed by atoms with E-state index in [-0.39, 0.29) is 10.6 Å². The quantitative estimate of drug-likeness (QED) is 0.274. The van der Waals surface area contributed by atoms with Crippen LogP contribution in [0.4, 0.5) is 5.69 Å². The molecule has 1 unspecified atom stereocenters. The van der Waals surface area contributed by atoms with Crippen molar-refractivity contribution in [1.29, 1.82) is 0 Å². The van der Waals surface area contributed by atoms with Crippen molar-refractivity contribution >= 4 is 54.8 Å². The minimum atomic E-state index is -4.24. The van der Waals surface area contributed by atoms with Crippen molar-refractivity contribution in [3.8, 4) is 0 Å². The Hall–Kier alpha value is -1.95. The van der Waals surface area contributed by atoms with Crippen LogP contribution < -0.4 is 0 Å². The van der Waals surface area contributed by atoms with Crippen molar-refractivity contribution in [2.75, 3.05) is 0 Å². The normalized spacial score (nSPS) is 12.7. The second-order valence-electron chi connectivity index (χ2n) is 5.58. The second-order valence-corrected chi connectivity index (χ2v) is 10.3. The van der Waals surface area contributed by atoms with Gasteiger partial charge >= 0.3 is 0 Å². The van der Waals surface area contributed by atoms with Gasteiger partial charge < -0.3 is 0 Å². The number of benzene rings is 2. The minimum Gasteiger partial charge on any atom is -0.258 e. The number of rotatable bonds is 6. The van der Waals surface area contributed by atoms with Gasteiger partial charge in [-0.05, 0) is 43.3 Å². The maximum atomic E-state index is 13.4. The third kappa shape index (κ3) is 4.07. The van der Waals surface area contributed by atoms with E-state index in [0.29, 0.717) is 4.90 Å². The minimum absolute atomic E-state index is 0.0822. The van der Waals surface area contributed by atoms with Crippen LogP contribution in [-0.2, 0) is 9.84 Å². The summed E-state index contributed by atoms with van der Waals surface area (Å²) in [6.07, 6.45) is 2.45. The van der Waals surface area contributed by atoms with E-state index >= 15 is 0 Å². The Labute approximate surface area is 178 Å². The molecule has 1 heterocycles. The van der Waals surface area contributed by atoms with E-state index in [2.05, 4.69) is 26.0 Å². The van der Waals surface area contributed by atoms with Gasteiger partial charge in [-0.3, -0.25) is 10.1 Å². The maximum absolute atomic E-state index is 13.4. The maximum Gasteiger partial charge on any atom is 0.292 e. The first-order valence-corrected chi connectivity index (χ1v) is 11.2. The van der Waals surface area contributed by atoms with Crippen LogP contribution in [0.1, 0.15) is 10.3 Å². The Morgan fingerprint density at radius 1 is 1.25 bits per heavy atom. The lowest BCUT2D eigenvalue weighted by molar-refractivity contribution is -0.388. The molecule has 146 valence electrons. The molecule has 3 aromatic rings. The van der Waals surface area contributed by atoms with Crippen LogP contribution >= 0.6 is 39.3 Å². The Bertz CT molecular complexity index is 1120. The van der Waals surface area contributed by atoms with Gasteiger partial charge in [0.25, 0.3) is 5.69 Å². The zero-order chi connectivity index (χ0) is 20.5. The summed E-state index contributed by atoms with van der Waals surface area (Å²) in [5.41, 5.74) is -0.465. The summed E-state index contributed by atoms with van der Waals surface area (Å²) >= 11 is 10.3. The fraction of sp³-hybridized carbons (Fsp3) is 0.125. The number of hydrogen-bond acceptors (Lipinski definition) is 7. The van der Waals surface area contributed by atoms with Crippen molar-refractivity contribution in [3.63, 3.8) is 0 Å². The largest absolute Gasteiger partial charge is 0.292 e. The molecule has 0 aliphatic heterocycles. The van der Waals surface area contributed by atoms with Gasteiger partial charge in [0.1, 0.15) is 17.6 Å². The number of aromatic nitrogens is 3. The monoisotopic (exact) mass is 502 g/mol. The summed E-state index contributed by atoms with van der Waals surface area (Å²) < 4.78 is 27.5. The van der Waals surface area contributed by atoms with Crippen LogP contribution in [-0.4, -0.2) is 28.1 Å². The predicted molar refractivity (Wildman–Crippen MR) is 109 cm³/mol. The lowest BCUT2D eigenvalue weighted by Gasteiger charge is -2.18. The average Bonchev–Trinajstić information content (AvgIpc) is 3.16. The summed E-state index contributed by atoms with van der Waals surface area (Å²) in [5.74, 6) is 0. The van der Waals surface area contributed by atoms with Crippen LogP contribution in [0.3, 0.4) is 0 Å². The average molecular weight is 504 g/mol. The van der Waals surface area contributed by atoms with Crippen LogP contribution in [0, 0.1) is 17.0 Å². The summed E-state index contributed by atoms with van der Waals surface area (Å²) in [4.78, 5) is 14.9. The number of thioether (sulfide) groups is 1. The zero-order valence-electron chi connectivity index (χ0n) is 14.2. The first-order chi connectivity index (χ1) is 13.2. The Balaban J connectivity index is 2.16. The number of hydrogen-bond donors (Lipinski definition) is 0. The van der Waals surface area contributed by atoms with Crippen LogP contribution in [0.15, 0.2) is 63.3 Å². The van der Waals surface area contributed by atoms with Gasteiger partial charge in [0.2, 0.25) is 14.5 Å². The molecule has 0 saturated carbocycles. The summed E-state index contributed by atoms with van der Waals surface area (Å²) in [5, 5.41) is 15.6. The number of nitrogens with zero attached hydrogens (tertiary/aromatic N) is 4. The molecule has 0 radical (unpaired) electrons. The second kappa shape index (κ2) is 8.19. The number of sulfone groups is 1. The molecule has 0 aliphatic rings. The molecule has 1 aromatic heterocycles. The van der Waals surface area contributed by atoms with Gasteiger partial charge in [-0.25, -0.2) is 18.1 Å². The fourth-order valence-corrected chi connectivity index (χ4v) is 6.11. The highest BCUT2D eigenvalue weighted by Gasteiger charge is 2.37. The van der Waals surface area contributed by atoms with Gasteiger partial charge in [-0.1, -0.05) is 39.3 Å². The molecule has 28 heavy (non-hydrogen) atoms. The molecular formula is C16H12BrClN4O4S2. The highest BCUT2D eigenvalue weighted by Crippen LogP contribution is 2.43. The highest BCUT2D eigenvalue weighted by atomic mass is 79.9. The molecule has 2 aromatic carbocycles. The Morgan fingerprint density at radius 3 is 2.50 bits per heavy atom. The SMILES string of the molecule is Cc1c(Cl)ccc(S(=O)(=O)C(Sc2ccc(Br)cc2)n2cncn2)c1[N+](=O)[O-]. The van der Waals surface area contributed by atoms with Gasteiger partial charge in [-0.15, -0.1) is 0 Å². The number of halogens is 2. The topological polar surface area (TPSA) is 108 Å². The molecule has 0 saturated heterocycles. The van der Waals surface area contributed by atoms with Crippen molar-refractivity contribution in [1.82, 2.24) is 14.8 Å². The molecule has 1 atom stereocenters. The number of nitro groups is 1. The van der Waals surface area contributed by atoms with E-state index in [1.54, 1.807) is 24.3 Å². The van der Waals surface area contributed by atoms with Gasteiger partial charge in [0.05, 0.1) is 9.95 Å². The fourth-order valence-electron chi connectivity index (χ4n) is 2.43. The lowest BCUT2D eigenvalue weighted by atomic mass is 10.2. The third-order valence-electron chi connectivity index (χ3n) is 3.79. The molecule has 0 amide bonds. The third-order valence-corrected chi connectivity index (χ3v) is 8.42. The van der Waals surface area contributed by atoms with Crippen molar-refractivity contribution in [3.05, 3.63) is 74.2 Å². The van der Waals surface area contributed by atoms with Crippen LogP contribution in [0.2, 0.25) is 5.02 Å². The first kappa shape index (κ1) is 20.8. The van der Waals surface area contributed by atoms with E-state index in [1.165, 1.54) is 25.6 Å². The Kier molecular flexibility index (Phi) is 6.08. The molecule has 12 heteroatoms. The molecule has 0 aliphatic carbocycles. The molecular weight excluding hydrogens is 492 g/mol. The van der Waals surface area contributed by atoms with Gasteiger partial charge in [0.15, 0.2) is 0 Å². The molecule has 0 spiro atoms. The van der Waals surface area contributed by atoms with Crippen molar-refractivity contribution in [2.45, 2.75) is 21.4 Å². The molecule has 0 bridgehead atoms. The number of nitro benzene ring substituents is 1. The van der Waals surface area contributed by atoms with Gasteiger partial charge in [-0.2, -0.15) is 5.10 Å². The zero-order valence-corrected chi connectivity index (χ0v) is 18.2. The van der Waals surface area contributed by atoms with E-state index in [1.807, 2.05) is 0 Å². The Morgan fingerprint density at radius 2 is 1.93 bits per heavy atom. The summed E-state index contributed by atoms with van der Waals surface area (Å²) in [6, 6.07) is 9.48. The van der Waals surface area contributed by atoms with E-state index in [4.69, 9.17) is 11.6 Å². The molecule has 0 fully saturated rings. The van der Waals surface area contributed by atoms with Crippen LogP contribution in [0.5, 0.6) is 0 Å². The highest BCUT2D eigenvalue weighted by molar-refractivity contribution is 9.10. The first-order valence-electron chi connectivity index (χ1n) is 7.65. The molecule has 8 nitrogen and oxygen atoms in total. The van der Waals surface area contributed by atoms with E-state index in [9.17, 15) is 18.5 Å². The molecule has 0 N–H and O–H groups in total. The molecule has 3 rings (SSSR count). The summed E-state index contributed by atoms with van der Waals surface area (Å²) in [7, 11) is -4.24. The predicted octanol–water partition coefficient (Wildman–Crippen LogP) is 4.63. The van der Waals surface area contributed by atoms with E-state index in [0.717, 1.165) is 27.0 Å². The van der Waals surface area contributed by atoms with E-state index < -0.39 is 30.0 Å².